The van der Waals surface area contributed by atoms with Gasteiger partial charge in [0.15, 0.2) is 11.0 Å². The fourth-order valence-electron chi connectivity index (χ4n) is 3.25. The molecule has 162 valence electrons. The highest BCUT2D eigenvalue weighted by Crippen LogP contribution is 2.29. The van der Waals surface area contributed by atoms with E-state index < -0.39 is 0 Å². The second-order valence-corrected chi connectivity index (χ2v) is 8.04. The van der Waals surface area contributed by atoms with Crippen molar-refractivity contribution < 1.29 is 9.53 Å². The number of amides is 1. The second kappa shape index (κ2) is 10.2. The summed E-state index contributed by atoms with van der Waals surface area (Å²) in [5, 5.41) is 12.4. The number of nitrogens with one attached hydrogen (secondary N) is 1. The number of thioether (sulfide) groups is 1. The Morgan fingerprint density at radius 2 is 1.69 bits per heavy atom. The molecule has 0 fully saturated rings. The number of carbonyl (C=O) groups excluding carboxylic acids is 1. The van der Waals surface area contributed by atoms with Gasteiger partial charge in [-0.05, 0) is 60.5 Å². The number of para-hydroxylation sites is 1. The summed E-state index contributed by atoms with van der Waals surface area (Å²) in [5.74, 6) is 1.62. The van der Waals surface area contributed by atoms with Crippen LogP contribution in [0.25, 0.3) is 17.1 Å². The van der Waals surface area contributed by atoms with Gasteiger partial charge in [0.1, 0.15) is 5.75 Å². The van der Waals surface area contributed by atoms with E-state index >= 15 is 0 Å². The van der Waals surface area contributed by atoms with Crippen LogP contribution >= 0.6 is 11.8 Å². The first-order valence-electron chi connectivity index (χ1n) is 10.3. The zero-order valence-corrected chi connectivity index (χ0v) is 18.8. The average Bonchev–Trinajstić information content (AvgIpc) is 3.28. The molecule has 0 spiro atoms. The summed E-state index contributed by atoms with van der Waals surface area (Å²) >= 11 is 1.35. The maximum absolute atomic E-state index is 12.5. The summed E-state index contributed by atoms with van der Waals surface area (Å²) in [6.45, 7) is 2.10. The lowest BCUT2D eigenvalue weighted by Crippen LogP contribution is -2.14. The van der Waals surface area contributed by atoms with Crippen LogP contribution < -0.4 is 10.1 Å². The van der Waals surface area contributed by atoms with Gasteiger partial charge in [-0.2, -0.15) is 0 Å². The molecule has 0 unspecified atom stereocenters. The summed E-state index contributed by atoms with van der Waals surface area (Å²) in [6.07, 6.45) is 0.968. The number of hydrogen-bond donors (Lipinski definition) is 1. The van der Waals surface area contributed by atoms with Crippen LogP contribution in [-0.2, 0) is 11.2 Å². The number of benzene rings is 3. The maximum Gasteiger partial charge on any atom is 0.234 e. The molecule has 7 heteroatoms. The summed E-state index contributed by atoms with van der Waals surface area (Å²) in [6, 6.07) is 25.5. The Balaban J connectivity index is 1.55. The van der Waals surface area contributed by atoms with Gasteiger partial charge in [-0.1, -0.05) is 49.0 Å². The number of ether oxygens (including phenoxy) is 1. The van der Waals surface area contributed by atoms with Crippen molar-refractivity contribution in [3.05, 3.63) is 84.4 Å². The van der Waals surface area contributed by atoms with E-state index in [1.807, 2.05) is 83.4 Å². The normalized spacial score (nSPS) is 10.7. The Bertz CT molecular complexity index is 1170. The van der Waals surface area contributed by atoms with Crippen LogP contribution in [-0.4, -0.2) is 33.5 Å². The van der Waals surface area contributed by atoms with Gasteiger partial charge in [0, 0.05) is 16.9 Å². The third-order valence-corrected chi connectivity index (χ3v) is 5.90. The van der Waals surface area contributed by atoms with Crippen molar-refractivity contribution in [3.63, 3.8) is 0 Å². The maximum atomic E-state index is 12.5. The molecule has 1 N–H and O–H groups in total. The molecule has 32 heavy (non-hydrogen) atoms. The van der Waals surface area contributed by atoms with Crippen molar-refractivity contribution in [2.45, 2.75) is 18.5 Å². The molecule has 0 saturated heterocycles. The number of methoxy groups -OCH3 is 1. The smallest absolute Gasteiger partial charge is 0.234 e. The van der Waals surface area contributed by atoms with E-state index in [0.717, 1.165) is 29.1 Å². The van der Waals surface area contributed by atoms with Crippen molar-refractivity contribution >= 4 is 23.4 Å². The molecule has 4 aromatic rings. The van der Waals surface area contributed by atoms with E-state index in [0.29, 0.717) is 11.0 Å². The number of aromatic nitrogens is 3. The Morgan fingerprint density at radius 1 is 0.969 bits per heavy atom. The lowest BCUT2D eigenvalue weighted by atomic mass is 10.1. The predicted octanol–water partition coefficient (Wildman–Crippen LogP) is 5.24. The predicted molar refractivity (Wildman–Crippen MR) is 129 cm³/mol. The zero-order chi connectivity index (χ0) is 22.3. The van der Waals surface area contributed by atoms with Crippen molar-refractivity contribution in [2.24, 2.45) is 0 Å². The highest BCUT2D eigenvalue weighted by atomic mass is 32.2. The van der Waals surface area contributed by atoms with Gasteiger partial charge in [0.2, 0.25) is 5.91 Å². The molecule has 0 bridgehead atoms. The second-order valence-electron chi connectivity index (χ2n) is 7.09. The van der Waals surface area contributed by atoms with Crippen LogP contribution in [0.3, 0.4) is 0 Å². The van der Waals surface area contributed by atoms with Gasteiger partial charge in [0.25, 0.3) is 0 Å². The van der Waals surface area contributed by atoms with Crippen LogP contribution in [0.5, 0.6) is 5.75 Å². The number of carbonyl (C=O) groups is 1. The van der Waals surface area contributed by atoms with E-state index in [9.17, 15) is 4.79 Å². The molecule has 0 atom stereocenters. The molecule has 6 nitrogen and oxygen atoms in total. The van der Waals surface area contributed by atoms with E-state index in [4.69, 9.17) is 4.74 Å². The monoisotopic (exact) mass is 444 g/mol. The molecule has 1 amide bonds. The van der Waals surface area contributed by atoms with Crippen molar-refractivity contribution in [3.8, 4) is 22.8 Å². The fourth-order valence-corrected chi connectivity index (χ4v) is 4.00. The minimum absolute atomic E-state index is 0.0899. The summed E-state index contributed by atoms with van der Waals surface area (Å²) in [7, 11) is 1.64. The Kier molecular flexibility index (Phi) is 6.87. The van der Waals surface area contributed by atoms with E-state index in [2.05, 4.69) is 22.4 Å². The molecule has 0 aliphatic carbocycles. The molecule has 0 radical (unpaired) electrons. The van der Waals surface area contributed by atoms with E-state index in [1.165, 1.54) is 17.3 Å². The molecule has 1 aromatic heterocycles. The van der Waals surface area contributed by atoms with Crippen LogP contribution in [0.2, 0.25) is 0 Å². The van der Waals surface area contributed by atoms with Gasteiger partial charge in [0.05, 0.1) is 12.9 Å². The summed E-state index contributed by atoms with van der Waals surface area (Å²) < 4.78 is 7.23. The lowest BCUT2D eigenvalue weighted by molar-refractivity contribution is -0.113. The molecule has 0 aliphatic rings. The molecular formula is C25H24N4O2S. The Hall–Kier alpha value is -3.58. The molecule has 4 rings (SSSR count). The van der Waals surface area contributed by atoms with Crippen molar-refractivity contribution in [1.29, 1.82) is 0 Å². The SMILES string of the molecule is CCc1ccc(NC(=O)CSc2nnc(-c3ccc(OC)cc3)n2-c2ccccc2)cc1. The highest BCUT2D eigenvalue weighted by Gasteiger charge is 2.17. The molecule has 0 aliphatic heterocycles. The van der Waals surface area contributed by atoms with Gasteiger partial charge in [-0.3, -0.25) is 9.36 Å². The van der Waals surface area contributed by atoms with E-state index in [1.54, 1.807) is 7.11 Å². The topological polar surface area (TPSA) is 69.0 Å². The minimum atomic E-state index is -0.0899. The Morgan fingerprint density at radius 3 is 2.34 bits per heavy atom. The third kappa shape index (κ3) is 5.00. The van der Waals surface area contributed by atoms with Crippen LogP contribution in [0.4, 0.5) is 5.69 Å². The largest absolute Gasteiger partial charge is 0.497 e. The average molecular weight is 445 g/mol. The molecular weight excluding hydrogens is 420 g/mol. The van der Waals surface area contributed by atoms with Gasteiger partial charge in [-0.15, -0.1) is 10.2 Å². The summed E-state index contributed by atoms with van der Waals surface area (Å²) in [4.78, 5) is 12.5. The van der Waals surface area contributed by atoms with Crippen LogP contribution in [0.1, 0.15) is 12.5 Å². The third-order valence-electron chi connectivity index (χ3n) is 4.97. The first kappa shape index (κ1) is 21.6. The molecule has 1 heterocycles. The first-order chi connectivity index (χ1) is 15.7. The highest BCUT2D eigenvalue weighted by molar-refractivity contribution is 7.99. The quantitative estimate of drug-likeness (QED) is 0.377. The number of hydrogen-bond acceptors (Lipinski definition) is 5. The molecule has 0 saturated carbocycles. The summed E-state index contributed by atoms with van der Waals surface area (Å²) in [5.41, 5.74) is 3.87. The van der Waals surface area contributed by atoms with Crippen LogP contribution in [0, 0.1) is 0 Å². The van der Waals surface area contributed by atoms with Crippen molar-refractivity contribution in [2.75, 3.05) is 18.2 Å². The fraction of sp³-hybridized carbons (Fsp3) is 0.160. The van der Waals surface area contributed by atoms with Gasteiger partial charge < -0.3 is 10.1 Å². The number of rotatable bonds is 8. The van der Waals surface area contributed by atoms with Gasteiger partial charge >= 0.3 is 0 Å². The molecule has 3 aromatic carbocycles. The lowest BCUT2D eigenvalue weighted by Gasteiger charge is -2.11. The van der Waals surface area contributed by atoms with Crippen molar-refractivity contribution in [1.82, 2.24) is 14.8 Å². The van der Waals surface area contributed by atoms with Crippen LogP contribution in [0.15, 0.2) is 84.0 Å². The number of nitrogens with zero attached hydrogens (tertiary/aromatic N) is 3. The standard InChI is InChI=1S/C25H24N4O2S/c1-3-18-9-13-20(14-10-18)26-23(30)17-32-25-28-27-24(19-11-15-22(31-2)16-12-19)29(25)21-7-5-4-6-8-21/h4-16H,3,17H2,1-2H3,(H,26,30). The minimum Gasteiger partial charge on any atom is -0.497 e. The van der Waals surface area contributed by atoms with Gasteiger partial charge in [-0.25, -0.2) is 0 Å². The van der Waals surface area contributed by atoms with E-state index in [-0.39, 0.29) is 11.7 Å². The Labute approximate surface area is 191 Å². The first-order valence-corrected chi connectivity index (χ1v) is 11.3. The number of aryl methyl sites for hydroxylation is 1. The zero-order valence-electron chi connectivity index (χ0n) is 18.0. The number of anilines is 1.